The van der Waals surface area contributed by atoms with Crippen molar-refractivity contribution in [3.63, 3.8) is 0 Å². The largest absolute Gasteiger partial charge is 0.469 e. The number of carbonyl (C=O) groups excluding carboxylic acids is 1. The minimum absolute atomic E-state index is 0.157. The molecule has 1 atom stereocenters. The smallest absolute Gasteiger partial charge is 0.309 e. The van der Waals surface area contributed by atoms with Crippen LogP contribution in [0, 0.1) is 18.8 Å². The van der Waals surface area contributed by atoms with Crippen LogP contribution in [0.5, 0.6) is 0 Å². The van der Waals surface area contributed by atoms with E-state index in [1.165, 1.54) is 12.7 Å². The van der Waals surface area contributed by atoms with Gasteiger partial charge in [-0.1, -0.05) is 23.7 Å². The average molecular weight is 339 g/mol. The van der Waals surface area contributed by atoms with Gasteiger partial charge in [0.1, 0.15) is 0 Å². The summed E-state index contributed by atoms with van der Waals surface area (Å²) in [7, 11) is 1.43. The maximum absolute atomic E-state index is 11.7. The molecule has 1 saturated heterocycles. The Labute approximate surface area is 143 Å². The van der Waals surface area contributed by atoms with E-state index in [0.717, 1.165) is 49.5 Å². The molecule has 5 heteroatoms. The molecule has 0 radical (unpaired) electrons. The number of rotatable bonds is 6. The predicted molar refractivity (Wildman–Crippen MR) is 93.4 cm³/mol. The Kier molecular flexibility index (Phi) is 6.88. The highest BCUT2D eigenvalue weighted by atomic mass is 35.5. The minimum atomic E-state index is -0.174. The second-order valence-corrected chi connectivity index (χ2v) is 6.90. The van der Waals surface area contributed by atoms with E-state index in [1.54, 1.807) is 0 Å². The quantitative estimate of drug-likeness (QED) is 0.810. The summed E-state index contributed by atoms with van der Waals surface area (Å²) >= 11 is 6.08. The third kappa shape index (κ3) is 5.20. The van der Waals surface area contributed by atoms with Crippen molar-refractivity contribution in [1.82, 2.24) is 4.90 Å². The van der Waals surface area contributed by atoms with Crippen molar-refractivity contribution in [2.24, 2.45) is 17.6 Å². The summed E-state index contributed by atoms with van der Waals surface area (Å²) in [5, 5.41) is 0.822. The lowest BCUT2D eigenvalue weighted by molar-refractivity contribution is -0.145. The molecule has 0 bridgehead atoms. The van der Waals surface area contributed by atoms with Gasteiger partial charge in [-0.05, 0) is 62.4 Å². The van der Waals surface area contributed by atoms with Crippen molar-refractivity contribution >= 4 is 17.6 Å². The molecule has 1 aliphatic rings. The summed E-state index contributed by atoms with van der Waals surface area (Å²) in [5.41, 5.74) is 8.13. The Morgan fingerprint density at radius 1 is 1.43 bits per heavy atom. The van der Waals surface area contributed by atoms with Crippen LogP contribution in [0.3, 0.4) is 0 Å². The molecule has 0 saturated carbocycles. The third-order valence-electron chi connectivity index (χ3n) is 4.77. The first-order valence-electron chi connectivity index (χ1n) is 8.28. The lowest BCUT2D eigenvalue weighted by Crippen LogP contribution is -2.35. The van der Waals surface area contributed by atoms with Gasteiger partial charge in [0.05, 0.1) is 13.0 Å². The van der Waals surface area contributed by atoms with Crippen LogP contribution in [0.25, 0.3) is 0 Å². The Balaban J connectivity index is 1.81. The summed E-state index contributed by atoms with van der Waals surface area (Å²) in [5.74, 6) is 0.230. The van der Waals surface area contributed by atoms with Crippen LogP contribution < -0.4 is 5.73 Å². The van der Waals surface area contributed by atoms with Gasteiger partial charge in [0, 0.05) is 18.1 Å². The number of halogens is 1. The van der Waals surface area contributed by atoms with Gasteiger partial charge in [-0.15, -0.1) is 0 Å². The standard InChI is InChI=1S/C18H27ClN2O2/c1-13-9-15(3-4-17(13)19)12-21-7-5-14(6-8-21)10-16(11-20)18(22)23-2/h3-4,9,14,16H,5-8,10-12,20H2,1-2H3/t16-/m1/s1. The van der Waals surface area contributed by atoms with Gasteiger partial charge in [0.2, 0.25) is 0 Å². The van der Waals surface area contributed by atoms with Crippen LogP contribution in [0.4, 0.5) is 0 Å². The number of likely N-dealkylation sites (tertiary alicyclic amines) is 1. The molecule has 0 aliphatic carbocycles. The zero-order valence-electron chi connectivity index (χ0n) is 14.1. The third-order valence-corrected chi connectivity index (χ3v) is 5.20. The topological polar surface area (TPSA) is 55.6 Å². The van der Waals surface area contributed by atoms with E-state index in [0.29, 0.717) is 12.5 Å². The monoisotopic (exact) mass is 338 g/mol. The Hall–Kier alpha value is -1.10. The normalized spacial score (nSPS) is 17.9. The van der Waals surface area contributed by atoms with Crippen LogP contribution in [-0.4, -0.2) is 37.6 Å². The number of aryl methyl sites for hydroxylation is 1. The molecular weight excluding hydrogens is 312 g/mol. The van der Waals surface area contributed by atoms with Crippen molar-refractivity contribution in [2.45, 2.75) is 32.7 Å². The molecule has 1 aromatic rings. The number of methoxy groups -OCH3 is 1. The highest BCUT2D eigenvalue weighted by Crippen LogP contribution is 2.26. The molecule has 4 nitrogen and oxygen atoms in total. The first-order valence-corrected chi connectivity index (χ1v) is 8.66. The van der Waals surface area contributed by atoms with Crippen LogP contribution in [0.1, 0.15) is 30.4 Å². The zero-order chi connectivity index (χ0) is 16.8. The van der Waals surface area contributed by atoms with E-state index < -0.39 is 0 Å². The molecule has 2 rings (SSSR count). The minimum Gasteiger partial charge on any atom is -0.469 e. The number of ether oxygens (including phenoxy) is 1. The van der Waals surface area contributed by atoms with Crippen molar-refractivity contribution in [2.75, 3.05) is 26.7 Å². The molecule has 0 aromatic heterocycles. The van der Waals surface area contributed by atoms with Gasteiger partial charge in [-0.25, -0.2) is 0 Å². The highest BCUT2D eigenvalue weighted by Gasteiger charge is 2.26. The number of nitrogens with two attached hydrogens (primary N) is 1. The second kappa shape index (κ2) is 8.67. The average Bonchev–Trinajstić information content (AvgIpc) is 2.57. The van der Waals surface area contributed by atoms with Gasteiger partial charge in [0.25, 0.3) is 0 Å². The number of carbonyl (C=O) groups is 1. The van der Waals surface area contributed by atoms with E-state index in [2.05, 4.69) is 17.0 Å². The molecule has 1 aliphatic heterocycles. The Morgan fingerprint density at radius 3 is 2.70 bits per heavy atom. The van der Waals surface area contributed by atoms with Crippen LogP contribution in [0.15, 0.2) is 18.2 Å². The number of benzene rings is 1. The maximum atomic E-state index is 11.7. The number of piperidine rings is 1. The fraction of sp³-hybridized carbons (Fsp3) is 0.611. The van der Waals surface area contributed by atoms with Gasteiger partial charge in [0.15, 0.2) is 0 Å². The number of esters is 1. The molecule has 1 fully saturated rings. The molecule has 0 spiro atoms. The summed E-state index contributed by atoms with van der Waals surface area (Å²) < 4.78 is 4.83. The zero-order valence-corrected chi connectivity index (χ0v) is 14.8. The maximum Gasteiger partial charge on any atom is 0.309 e. The summed E-state index contributed by atoms with van der Waals surface area (Å²) in [6, 6.07) is 6.24. The molecule has 1 aromatic carbocycles. The van der Waals surface area contributed by atoms with Gasteiger partial charge >= 0.3 is 5.97 Å². The van der Waals surface area contributed by atoms with E-state index in [-0.39, 0.29) is 11.9 Å². The molecule has 2 N–H and O–H groups in total. The fourth-order valence-corrected chi connectivity index (χ4v) is 3.42. The van der Waals surface area contributed by atoms with Crippen molar-refractivity contribution in [3.05, 3.63) is 34.3 Å². The number of hydrogen-bond donors (Lipinski definition) is 1. The molecule has 1 heterocycles. The van der Waals surface area contributed by atoms with Gasteiger partial charge in [-0.2, -0.15) is 0 Å². The first-order chi connectivity index (χ1) is 11.0. The van der Waals surface area contributed by atoms with E-state index in [9.17, 15) is 4.79 Å². The number of hydrogen-bond acceptors (Lipinski definition) is 4. The van der Waals surface area contributed by atoms with Gasteiger partial charge < -0.3 is 10.5 Å². The molecule has 128 valence electrons. The predicted octanol–water partition coefficient (Wildman–Crippen LogP) is 3.00. The SMILES string of the molecule is COC(=O)[C@@H](CN)CC1CCN(Cc2ccc(Cl)c(C)c2)CC1. The van der Waals surface area contributed by atoms with Crippen molar-refractivity contribution < 1.29 is 9.53 Å². The van der Waals surface area contributed by atoms with E-state index in [4.69, 9.17) is 22.1 Å². The molecule has 0 unspecified atom stereocenters. The van der Waals surface area contributed by atoms with Crippen molar-refractivity contribution in [1.29, 1.82) is 0 Å². The first kappa shape index (κ1) is 18.2. The van der Waals surface area contributed by atoms with Crippen LogP contribution in [-0.2, 0) is 16.1 Å². The highest BCUT2D eigenvalue weighted by molar-refractivity contribution is 6.31. The van der Waals surface area contributed by atoms with Crippen molar-refractivity contribution in [3.8, 4) is 0 Å². The van der Waals surface area contributed by atoms with Crippen LogP contribution in [0.2, 0.25) is 5.02 Å². The lowest BCUT2D eigenvalue weighted by Gasteiger charge is -2.33. The Morgan fingerprint density at radius 2 is 2.13 bits per heavy atom. The molecule has 23 heavy (non-hydrogen) atoms. The number of nitrogens with zero attached hydrogens (tertiary/aromatic N) is 1. The van der Waals surface area contributed by atoms with E-state index >= 15 is 0 Å². The fourth-order valence-electron chi connectivity index (χ4n) is 3.30. The summed E-state index contributed by atoms with van der Waals surface area (Å²) in [6.07, 6.45) is 3.07. The van der Waals surface area contributed by atoms with Gasteiger partial charge in [-0.3, -0.25) is 9.69 Å². The summed E-state index contributed by atoms with van der Waals surface area (Å²) in [4.78, 5) is 14.1. The van der Waals surface area contributed by atoms with Crippen LogP contribution >= 0.6 is 11.6 Å². The molecule has 0 amide bonds. The lowest BCUT2D eigenvalue weighted by atomic mass is 9.87. The molecular formula is C18H27ClN2O2. The Bertz CT molecular complexity index is 528. The summed E-state index contributed by atoms with van der Waals surface area (Å²) in [6.45, 7) is 5.49. The van der Waals surface area contributed by atoms with E-state index in [1.807, 2.05) is 13.0 Å². The second-order valence-electron chi connectivity index (χ2n) is 6.49.